The fraction of sp³-hybridized carbons (Fsp3) is 0.333. The van der Waals surface area contributed by atoms with Crippen LogP contribution in [0.25, 0.3) is 0 Å². The third-order valence-corrected chi connectivity index (χ3v) is 9.26. The maximum Gasteiger partial charge on any atom is 0.416 e. The summed E-state index contributed by atoms with van der Waals surface area (Å²) in [6.45, 7) is 2.83. The largest absolute Gasteiger partial charge is 0.493 e. The first-order chi connectivity index (χ1) is 22.8. The molecule has 4 aromatic rings. The van der Waals surface area contributed by atoms with Crippen molar-refractivity contribution in [3.63, 3.8) is 0 Å². The third-order valence-electron chi connectivity index (χ3n) is 7.75. The Bertz CT molecular complexity index is 1710. The molecule has 0 bridgehead atoms. The van der Waals surface area contributed by atoms with Crippen LogP contribution in [0.15, 0.2) is 66.7 Å². The number of ether oxygens (including phenoxy) is 2. The maximum atomic E-state index is 13.6. The number of thiazole rings is 1. The number of methoxy groups -OCH3 is 1. The van der Waals surface area contributed by atoms with E-state index in [9.17, 15) is 31.4 Å². The Hall–Kier alpha value is -4.24. The quantitative estimate of drug-likeness (QED) is 0.131. The summed E-state index contributed by atoms with van der Waals surface area (Å²) < 4.78 is 90.7. The molecular weight excluding hydrogens is 679 g/mol. The van der Waals surface area contributed by atoms with Gasteiger partial charge >= 0.3 is 12.4 Å². The molecule has 1 aliphatic heterocycles. The first kappa shape index (κ1) is 35.1. The lowest BCUT2D eigenvalue weighted by Crippen LogP contribution is -2.52. The summed E-state index contributed by atoms with van der Waals surface area (Å²) in [6, 6.07) is 16.4. The van der Waals surface area contributed by atoms with E-state index in [0.29, 0.717) is 59.4 Å². The van der Waals surface area contributed by atoms with E-state index in [2.05, 4.69) is 32.2 Å². The van der Waals surface area contributed by atoms with Gasteiger partial charge in [0, 0.05) is 44.7 Å². The van der Waals surface area contributed by atoms with Crippen molar-refractivity contribution in [1.82, 2.24) is 15.2 Å². The van der Waals surface area contributed by atoms with Crippen LogP contribution in [0.4, 0.5) is 31.5 Å². The first-order valence-electron chi connectivity index (χ1n) is 14.9. The Balaban J connectivity index is 1.17. The highest BCUT2D eigenvalue weighted by molar-refractivity contribution is 7.80. The van der Waals surface area contributed by atoms with Crippen LogP contribution in [-0.2, 0) is 31.8 Å². The molecule has 5 rings (SSSR count). The van der Waals surface area contributed by atoms with Crippen LogP contribution in [0, 0.1) is 0 Å². The van der Waals surface area contributed by atoms with Gasteiger partial charge in [-0.15, -0.1) is 0 Å². The fourth-order valence-electron chi connectivity index (χ4n) is 5.18. The lowest BCUT2D eigenvalue weighted by Gasteiger charge is -2.36. The molecule has 2 N–H and O–H groups in total. The number of nitrogens with one attached hydrogen (secondary N) is 1. The van der Waals surface area contributed by atoms with Crippen molar-refractivity contribution < 1.29 is 40.9 Å². The number of nitrogens with zero attached hydrogens (tertiary/aromatic N) is 3. The molecule has 2 heterocycles. The van der Waals surface area contributed by atoms with Crippen LogP contribution in [0.5, 0.6) is 17.4 Å². The van der Waals surface area contributed by atoms with Crippen molar-refractivity contribution in [2.75, 3.05) is 44.7 Å². The van der Waals surface area contributed by atoms with Crippen molar-refractivity contribution in [2.45, 2.75) is 31.8 Å². The van der Waals surface area contributed by atoms with E-state index in [0.717, 1.165) is 19.0 Å². The lowest BCUT2D eigenvalue weighted by molar-refractivity contribution is -0.143. The number of aromatic nitrogens is 1. The van der Waals surface area contributed by atoms with Crippen molar-refractivity contribution in [1.29, 1.82) is 0 Å². The summed E-state index contributed by atoms with van der Waals surface area (Å²) in [7, 11) is 1.36. The van der Waals surface area contributed by atoms with Gasteiger partial charge in [0.05, 0.1) is 23.1 Å². The Morgan fingerprint density at radius 3 is 2.31 bits per heavy atom. The SMILES string of the molecule is COc1cc(Cc2sc(N3CCN(C(=S)NCCc4ccccc4)CC3)nc2O)ccc1OCc1ccc(C(F)(F)F)cc1C(F)(F)F. The Morgan fingerprint density at radius 2 is 1.65 bits per heavy atom. The van der Waals surface area contributed by atoms with Crippen LogP contribution in [0.2, 0.25) is 0 Å². The highest BCUT2D eigenvalue weighted by Gasteiger charge is 2.38. The average Bonchev–Trinajstić information content (AvgIpc) is 3.43. The zero-order valence-electron chi connectivity index (χ0n) is 25.7. The smallest absolute Gasteiger partial charge is 0.416 e. The molecule has 256 valence electrons. The van der Waals surface area contributed by atoms with E-state index in [-0.39, 0.29) is 23.4 Å². The Kier molecular flexibility index (Phi) is 10.9. The molecule has 3 aromatic carbocycles. The highest BCUT2D eigenvalue weighted by atomic mass is 32.1. The van der Waals surface area contributed by atoms with Crippen molar-refractivity contribution in [3.8, 4) is 17.4 Å². The molecule has 0 unspecified atom stereocenters. The van der Waals surface area contributed by atoms with E-state index in [4.69, 9.17) is 21.7 Å². The molecule has 1 saturated heterocycles. The number of anilines is 1. The topological polar surface area (TPSA) is 70.1 Å². The Labute approximate surface area is 282 Å². The van der Waals surface area contributed by atoms with Crippen LogP contribution in [0.3, 0.4) is 0 Å². The van der Waals surface area contributed by atoms with Gasteiger partial charge in [-0.2, -0.15) is 31.3 Å². The molecule has 0 atom stereocenters. The number of thiocarbonyl (C=S) groups is 1. The number of aromatic hydroxyl groups is 1. The summed E-state index contributed by atoms with van der Waals surface area (Å²) in [5.41, 5.74) is -1.33. The second-order valence-electron chi connectivity index (χ2n) is 11.0. The molecular formula is C33H32F6N4O3S2. The molecule has 0 saturated carbocycles. The second-order valence-corrected chi connectivity index (χ2v) is 12.5. The van der Waals surface area contributed by atoms with Gasteiger partial charge in [0.2, 0.25) is 5.88 Å². The number of hydrogen-bond acceptors (Lipinski definition) is 7. The first-order valence-corrected chi connectivity index (χ1v) is 16.1. The van der Waals surface area contributed by atoms with E-state index < -0.39 is 35.6 Å². The van der Waals surface area contributed by atoms with E-state index in [1.54, 1.807) is 12.1 Å². The molecule has 1 aromatic heterocycles. The average molecular weight is 711 g/mol. The van der Waals surface area contributed by atoms with Gasteiger partial charge in [-0.1, -0.05) is 53.8 Å². The monoisotopic (exact) mass is 710 g/mol. The Morgan fingerprint density at radius 1 is 0.917 bits per heavy atom. The van der Waals surface area contributed by atoms with Crippen LogP contribution >= 0.6 is 23.6 Å². The van der Waals surface area contributed by atoms with Gasteiger partial charge in [0.1, 0.15) is 6.61 Å². The van der Waals surface area contributed by atoms with Crippen LogP contribution in [-0.4, -0.2) is 59.9 Å². The predicted octanol–water partition coefficient (Wildman–Crippen LogP) is 7.30. The predicted molar refractivity (Wildman–Crippen MR) is 175 cm³/mol. The lowest BCUT2D eigenvalue weighted by atomic mass is 10.0. The molecule has 0 radical (unpaired) electrons. The van der Waals surface area contributed by atoms with Gasteiger partial charge in [-0.3, -0.25) is 0 Å². The molecule has 0 spiro atoms. The minimum absolute atomic E-state index is 0.0784. The van der Waals surface area contributed by atoms with E-state index in [1.807, 2.05) is 18.2 Å². The molecule has 0 amide bonds. The molecule has 1 fully saturated rings. The summed E-state index contributed by atoms with van der Waals surface area (Å²) in [4.78, 5) is 9.18. The summed E-state index contributed by atoms with van der Waals surface area (Å²) >= 11 is 6.95. The summed E-state index contributed by atoms with van der Waals surface area (Å²) in [5.74, 6) is 0.215. The summed E-state index contributed by atoms with van der Waals surface area (Å²) in [6.07, 6.45) is -8.76. The molecule has 1 aliphatic rings. The molecule has 48 heavy (non-hydrogen) atoms. The minimum Gasteiger partial charge on any atom is -0.493 e. The zero-order valence-corrected chi connectivity index (χ0v) is 27.3. The minimum atomic E-state index is -5.01. The van der Waals surface area contributed by atoms with Crippen molar-refractivity contribution in [3.05, 3.63) is 99.4 Å². The summed E-state index contributed by atoms with van der Waals surface area (Å²) in [5, 5.41) is 15.3. The number of alkyl halides is 6. The number of benzene rings is 3. The third kappa shape index (κ3) is 8.81. The van der Waals surface area contributed by atoms with Crippen molar-refractivity contribution >= 4 is 33.8 Å². The zero-order chi connectivity index (χ0) is 34.5. The molecule has 7 nitrogen and oxygen atoms in total. The standard InChI is InChI=1S/C33H32F6N4O3S2/c1-45-27-17-22(7-10-26(27)46-20-23-8-9-24(32(34,35)36)19-25(23)33(37,38)39)18-28-29(44)41-31(48-28)43-15-13-42(14-16-43)30(47)40-12-11-21-5-3-2-4-6-21/h2-10,17,19,44H,11-16,18,20H2,1H3,(H,40,47). The fourth-order valence-corrected chi connectivity index (χ4v) is 6.50. The van der Waals surface area contributed by atoms with E-state index in [1.165, 1.54) is 30.1 Å². The number of piperazine rings is 1. The number of rotatable bonds is 10. The van der Waals surface area contributed by atoms with Gasteiger partial charge in [-0.25, -0.2) is 0 Å². The van der Waals surface area contributed by atoms with Gasteiger partial charge in [-0.05, 0) is 54.0 Å². The van der Waals surface area contributed by atoms with Gasteiger partial charge in [0.25, 0.3) is 0 Å². The normalized spacial score (nSPS) is 13.8. The molecule has 0 aliphatic carbocycles. The van der Waals surface area contributed by atoms with Crippen LogP contribution < -0.4 is 19.7 Å². The highest BCUT2D eigenvalue weighted by Crippen LogP contribution is 2.39. The second kappa shape index (κ2) is 14.9. The van der Waals surface area contributed by atoms with Crippen LogP contribution in [0.1, 0.15) is 32.7 Å². The number of halogens is 6. The number of hydrogen-bond donors (Lipinski definition) is 2. The molecule has 15 heteroatoms. The van der Waals surface area contributed by atoms with E-state index >= 15 is 0 Å². The van der Waals surface area contributed by atoms with Gasteiger partial charge < -0.3 is 29.7 Å². The van der Waals surface area contributed by atoms with Crippen molar-refractivity contribution in [2.24, 2.45) is 0 Å². The maximum absolute atomic E-state index is 13.6. The van der Waals surface area contributed by atoms with Gasteiger partial charge in [0.15, 0.2) is 21.7 Å².